The smallest absolute Gasteiger partial charge is 0.303 e. The minimum absolute atomic E-state index is 0.119. The number of pyridine rings is 1. The molecule has 5 rings (SSSR count). The zero-order valence-corrected chi connectivity index (χ0v) is 20.3. The van der Waals surface area contributed by atoms with Gasteiger partial charge in [-0.15, -0.1) is 0 Å². The fourth-order valence-electron chi connectivity index (χ4n) is 4.69. The topological polar surface area (TPSA) is 107 Å². The largest absolute Gasteiger partial charge is 0.481 e. The van der Waals surface area contributed by atoms with Crippen LogP contribution in [0.3, 0.4) is 0 Å². The lowest BCUT2D eigenvalue weighted by atomic mass is 9.97. The van der Waals surface area contributed by atoms with Crippen LogP contribution in [0.5, 0.6) is 0 Å². The lowest BCUT2D eigenvalue weighted by molar-refractivity contribution is -0.137. The molecule has 0 fully saturated rings. The summed E-state index contributed by atoms with van der Waals surface area (Å²) < 4.78 is 0. The summed E-state index contributed by atoms with van der Waals surface area (Å²) in [5.74, 6) is -0.806. The van der Waals surface area contributed by atoms with Gasteiger partial charge in [-0.1, -0.05) is 35.0 Å². The number of aromatic nitrogens is 1. The second-order valence-corrected chi connectivity index (χ2v) is 9.39. The number of aliphatic hydroxyl groups excluding tert-OH is 1. The average molecular weight is 507 g/mol. The van der Waals surface area contributed by atoms with Crippen LogP contribution in [0.1, 0.15) is 61.3 Å². The Labute approximate surface area is 214 Å². The first-order valence-electron chi connectivity index (χ1n) is 12.0. The number of carboxylic acid groups (broad SMARTS) is 1. The van der Waals surface area contributed by atoms with E-state index in [1.54, 1.807) is 18.3 Å². The van der Waals surface area contributed by atoms with Gasteiger partial charge in [-0.2, -0.15) is 0 Å². The maximum Gasteiger partial charge on any atom is 0.303 e. The Hall–Kier alpha value is -3.62. The number of oxime groups is 1. The third kappa shape index (κ3) is 5.15. The van der Waals surface area contributed by atoms with Crippen molar-refractivity contribution in [1.29, 1.82) is 0 Å². The Balaban J connectivity index is 1.38. The number of hydrogen-bond donors (Lipinski definition) is 3. The van der Waals surface area contributed by atoms with Crippen LogP contribution in [0.15, 0.2) is 72.0 Å². The van der Waals surface area contributed by atoms with Gasteiger partial charge in [0.1, 0.15) is 6.17 Å². The standard InChI is InChI=1S/C27H27ClN4O4/c28-18-9-11-19(12-10-18)32-25(6-1-2-7-26(33)34)30-23-15-17(8-13-20(23)27(32)35)22-16-24(36-31-22)21-5-3-4-14-29-21/h3-5,8-15,24-25,27,30,35H,1-2,6-7,16H2,(H,33,34). The molecule has 0 radical (unpaired) electrons. The zero-order chi connectivity index (χ0) is 25.1. The first kappa shape index (κ1) is 24.1. The van der Waals surface area contributed by atoms with Crippen LogP contribution in [-0.4, -0.2) is 33.0 Å². The maximum atomic E-state index is 11.4. The van der Waals surface area contributed by atoms with E-state index in [1.807, 2.05) is 53.4 Å². The number of fused-ring (bicyclic) bond motifs is 1. The SMILES string of the molecule is O=C(O)CCCCC1Nc2cc(C3=NOC(c4ccccn4)C3)ccc2C(O)N1c1ccc(Cl)cc1. The molecule has 1 aromatic heterocycles. The summed E-state index contributed by atoms with van der Waals surface area (Å²) in [5, 5.41) is 28.9. The van der Waals surface area contributed by atoms with Gasteiger partial charge in [-0.25, -0.2) is 0 Å². The van der Waals surface area contributed by atoms with Gasteiger partial charge in [0.15, 0.2) is 12.3 Å². The number of nitrogens with zero attached hydrogens (tertiary/aromatic N) is 3. The van der Waals surface area contributed by atoms with E-state index in [2.05, 4.69) is 15.5 Å². The molecule has 3 heterocycles. The molecule has 3 atom stereocenters. The quantitative estimate of drug-likeness (QED) is 0.346. The average Bonchev–Trinajstić information content (AvgIpc) is 3.38. The molecule has 0 spiro atoms. The second-order valence-electron chi connectivity index (χ2n) is 8.95. The van der Waals surface area contributed by atoms with Crippen LogP contribution in [-0.2, 0) is 9.63 Å². The van der Waals surface area contributed by atoms with E-state index in [0.29, 0.717) is 30.7 Å². The number of rotatable bonds is 8. The minimum atomic E-state index is -0.885. The molecule has 8 nitrogen and oxygen atoms in total. The molecule has 2 aromatic carbocycles. The van der Waals surface area contributed by atoms with E-state index in [9.17, 15) is 9.90 Å². The van der Waals surface area contributed by atoms with Gasteiger partial charge >= 0.3 is 5.97 Å². The minimum Gasteiger partial charge on any atom is -0.481 e. The van der Waals surface area contributed by atoms with Gasteiger partial charge in [0, 0.05) is 46.6 Å². The van der Waals surface area contributed by atoms with Crippen LogP contribution in [0, 0.1) is 0 Å². The van der Waals surface area contributed by atoms with E-state index in [0.717, 1.165) is 33.9 Å². The molecule has 3 aromatic rings. The van der Waals surface area contributed by atoms with Crippen LogP contribution >= 0.6 is 11.6 Å². The van der Waals surface area contributed by atoms with Gasteiger partial charge in [-0.3, -0.25) is 9.78 Å². The summed E-state index contributed by atoms with van der Waals surface area (Å²) in [4.78, 5) is 22.9. The van der Waals surface area contributed by atoms with Crippen molar-refractivity contribution in [3.05, 3.63) is 88.7 Å². The Morgan fingerprint density at radius 1 is 1.14 bits per heavy atom. The lowest BCUT2D eigenvalue weighted by Crippen LogP contribution is -2.47. The van der Waals surface area contributed by atoms with Crippen molar-refractivity contribution in [3.8, 4) is 0 Å². The molecule has 0 aliphatic carbocycles. The third-order valence-electron chi connectivity index (χ3n) is 6.52. The van der Waals surface area contributed by atoms with Crippen molar-refractivity contribution in [3.63, 3.8) is 0 Å². The molecule has 3 N–H and O–H groups in total. The lowest BCUT2D eigenvalue weighted by Gasteiger charge is -2.43. The van der Waals surface area contributed by atoms with Crippen molar-refractivity contribution < 1.29 is 19.8 Å². The first-order chi connectivity index (χ1) is 17.5. The van der Waals surface area contributed by atoms with Gasteiger partial charge in [0.2, 0.25) is 0 Å². The highest BCUT2D eigenvalue weighted by Crippen LogP contribution is 2.39. The van der Waals surface area contributed by atoms with Crippen LogP contribution in [0.25, 0.3) is 0 Å². The van der Waals surface area contributed by atoms with Crippen molar-refractivity contribution in [2.24, 2.45) is 5.16 Å². The zero-order valence-electron chi connectivity index (χ0n) is 19.5. The number of nitrogens with one attached hydrogen (secondary N) is 1. The van der Waals surface area contributed by atoms with Crippen molar-refractivity contribution in [1.82, 2.24) is 4.98 Å². The molecule has 36 heavy (non-hydrogen) atoms. The molecule has 0 saturated heterocycles. The highest BCUT2D eigenvalue weighted by molar-refractivity contribution is 6.30. The number of benzene rings is 2. The van der Waals surface area contributed by atoms with Crippen LogP contribution < -0.4 is 10.2 Å². The van der Waals surface area contributed by atoms with Gasteiger partial charge in [-0.05, 0) is 61.7 Å². The molecule has 9 heteroatoms. The normalized spacial score (nSPS) is 20.8. The predicted molar refractivity (Wildman–Crippen MR) is 138 cm³/mol. The molecular weight excluding hydrogens is 480 g/mol. The fraction of sp³-hybridized carbons (Fsp3) is 0.296. The summed E-state index contributed by atoms with van der Waals surface area (Å²) in [6.45, 7) is 0. The van der Waals surface area contributed by atoms with Crippen molar-refractivity contribution in [2.75, 3.05) is 10.2 Å². The summed E-state index contributed by atoms with van der Waals surface area (Å²) in [6.07, 6.45) is 3.04. The second kappa shape index (κ2) is 10.6. The Bertz CT molecular complexity index is 1250. The fourth-order valence-corrected chi connectivity index (χ4v) is 4.81. The summed E-state index contributed by atoms with van der Waals surface area (Å²) >= 11 is 6.09. The number of carboxylic acids is 1. The van der Waals surface area contributed by atoms with Crippen molar-refractivity contribution in [2.45, 2.75) is 50.6 Å². The monoisotopic (exact) mass is 506 g/mol. The molecule has 0 amide bonds. The first-order valence-corrected chi connectivity index (χ1v) is 12.4. The number of aliphatic hydroxyl groups is 1. The number of halogens is 1. The highest BCUT2D eigenvalue weighted by atomic mass is 35.5. The summed E-state index contributed by atoms with van der Waals surface area (Å²) in [7, 11) is 0. The number of carbonyl (C=O) groups is 1. The van der Waals surface area contributed by atoms with Gasteiger partial charge in [0.05, 0.1) is 11.4 Å². The summed E-state index contributed by atoms with van der Waals surface area (Å²) in [6, 6.07) is 18.9. The van der Waals surface area contributed by atoms with E-state index in [1.165, 1.54) is 0 Å². The van der Waals surface area contributed by atoms with Crippen LogP contribution in [0.4, 0.5) is 11.4 Å². The molecule has 0 saturated carbocycles. The van der Waals surface area contributed by atoms with Crippen molar-refractivity contribution >= 4 is 34.7 Å². The molecular formula is C27H27ClN4O4. The molecule has 0 bridgehead atoms. The molecule has 186 valence electrons. The molecule has 2 aliphatic heterocycles. The number of hydrogen-bond acceptors (Lipinski definition) is 7. The Morgan fingerprint density at radius 3 is 2.72 bits per heavy atom. The number of aliphatic carboxylic acids is 1. The number of anilines is 2. The van der Waals surface area contributed by atoms with Gasteiger partial charge in [0.25, 0.3) is 0 Å². The molecule has 2 aliphatic rings. The van der Waals surface area contributed by atoms with E-state index in [-0.39, 0.29) is 18.7 Å². The molecule has 3 unspecified atom stereocenters. The van der Waals surface area contributed by atoms with E-state index >= 15 is 0 Å². The Morgan fingerprint density at radius 2 is 1.97 bits per heavy atom. The number of unbranched alkanes of at least 4 members (excludes halogenated alkanes) is 1. The Kier molecular flexibility index (Phi) is 7.06. The third-order valence-corrected chi connectivity index (χ3v) is 6.77. The van der Waals surface area contributed by atoms with Gasteiger partial charge < -0.3 is 25.3 Å². The summed E-state index contributed by atoms with van der Waals surface area (Å²) in [5.41, 5.74) is 4.96. The predicted octanol–water partition coefficient (Wildman–Crippen LogP) is 5.49. The maximum absolute atomic E-state index is 11.4. The van der Waals surface area contributed by atoms with E-state index in [4.69, 9.17) is 21.5 Å². The highest BCUT2D eigenvalue weighted by Gasteiger charge is 2.34. The van der Waals surface area contributed by atoms with Crippen LogP contribution in [0.2, 0.25) is 5.02 Å². The van der Waals surface area contributed by atoms with E-state index < -0.39 is 12.2 Å².